The average molecular weight is 189 g/mol. The molecule has 0 aliphatic carbocycles. The molecule has 0 unspecified atom stereocenters. The van der Waals surface area contributed by atoms with Gasteiger partial charge in [0.05, 0.1) is 6.29 Å². The van der Waals surface area contributed by atoms with E-state index in [2.05, 4.69) is 6.58 Å². The fourth-order valence-electron chi connectivity index (χ4n) is 0.632. The number of allylic oxidation sites excluding steroid dienone is 1. The SMILES string of the molecule is C=C(N)/C=C\N(N)CP(C)(C)=O. The fraction of sp³-hybridized carbons (Fsp3) is 0.429. The van der Waals surface area contributed by atoms with Crippen molar-refractivity contribution in [3.63, 3.8) is 0 Å². The summed E-state index contributed by atoms with van der Waals surface area (Å²) in [4.78, 5) is 0. The van der Waals surface area contributed by atoms with Gasteiger partial charge in [-0.15, -0.1) is 0 Å². The molecule has 0 aromatic rings. The summed E-state index contributed by atoms with van der Waals surface area (Å²) in [6, 6.07) is 0. The first-order valence-electron chi connectivity index (χ1n) is 3.49. The van der Waals surface area contributed by atoms with Gasteiger partial charge in [-0.25, -0.2) is 5.84 Å². The molecule has 0 radical (unpaired) electrons. The Morgan fingerprint density at radius 3 is 2.50 bits per heavy atom. The molecule has 12 heavy (non-hydrogen) atoms. The maximum absolute atomic E-state index is 11.3. The van der Waals surface area contributed by atoms with Gasteiger partial charge in [-0.05, 0) is 19.4 Å². The molecule has 0 atom stereocenters. The number of nitrogens with zero attached hydrogens (tertiary/aromatic N) is 1. The smallest absolute Gasteiger partial charge is 0.102 e. The second-order valence-corrected chi connectivity index (χ2v) is 6.55. The van der Waals surface area contributed by atoms with Crippen LogP contribution in [0.5, 0.6) is 0 Å². The number of nitrogens with two attached hydrogens (primary N) is 2. The van der Waals surface area contributed by atoms with Crippen molar-refractivity contribution in [2.24, 2.45) is 11.6 Å². The lowest BCUT2D eigenvalue weighted by atomic mass is 10.5. The molecular weight excluding hydrogens is 173 g/mol. The Bertz CT molecular complexity index is 231. The lowest BCUT2D eigenvalue weighted by Gasteiger charge is -2.16. The van der Waals surface area contributed by atoms with E-state index in [0.717, 1.165) is 0 Å². The van der Waals surface area contributed by atoms with Crippen molar-refractivity contribution >= 4 is 7.14 Å². The lowest BCUT2D eigenvalue weighted by Crippen LogP contribution is -2.25. The second kappa shape index (κ2) is 4.33. The van der Waals surface area contributed by atoms with Gasteiger partial charge in [0.15, 0.2) is 0 Å². The highest BCUT2D eigenvalue weighted by Gasteiger charge is 2.08. The van der Waals surface area contributed by atoms with E-state index in [1.54, 1.807) is 25.6 Å². The second-order valence-electron chi connectivity index (χ2n) is 3.12. The number of rotatable bonds is 4. The van der Waals surface area contributed by atoms with E-state index in [0.29, 0.717) is 12.0 Å². The van der Waals surface area contributed by atoms with Crippen LogP contribution < -0.4 is 11.6 Å². The number of hydrogen-bond acceptors (Lipinski definition) is 4. The molecule has 0 saturated carbocycles. The first-order chi connectivity index (χ1) is 5.31. The zero-order chi connectivity index (χ0) is 9.78. The van der Waals surface area contributed by atoms with E-state index in [4.69, 9.17) is 11.6 Å². The van der Waals surface area contributed by atoms with Gasteiger partial charge < -0.3 is 15.3 Å². The molecule has 0 aromatic heterocycles. The molecule has 4 nitrogen and oxygen atoms in total. The Morgan fingerprint density at radius 1 is 1.67 bits per heavy atom. The Balaban J connectivity index is 3.98. The van der Waals surface area contributed by atoms with Gasteiger partial charge in [-0.1, -0.05) is 6.58 Å². The third kappa shape index (κ3) is 7.38. The van der Waals surface area contributed by atoms with Crippen molar-refractivity contribution in [2.75, 3.05) is 19.6 Å². The predicted molar refractivity (Wildman–Crippen MR) is 52.8 cm³/mol. The van der Waals surface area contributed by atoms with Crippen LogP contribution in [0, 0.1) is 0 Å². The van der Waals surface area contributed by atoms with E-state index in [-0.39, 0.29) is 0 Å². The summed E-state index contributed by atoms with van der Waals surface area (Å²) in [5.74, 6) is 5.49. The summed E-state index contributed by atoms with van der Waals surface area (Å²) >= 11 is 0. The summed E-state index contributed by atoms with van der Waals surface area (Å²) in [5, 5.41) is 1.35. The first-order valence-corrected chi connectivity index (χ1v) is 6.28. The Kier molecular flexibility index (Phi) is 4.07. The van der Waals surface area contributed by atoms with Crippen LogP contribution >= 0.6 is 7.14 Å². The van der Waals surface area contributed by atoms with Gasteiger partial charge >= 0.3 is 0 Å². The molecule has 0 bridgehead atoms. The minimum atomic E-state index is -2.10. The molecular formula is C7H16N3OP. The maximum atomic E-state index is 11.3. The monoisotopic (exact) mass is 189 g/mol. The van der Waals surface area contributed by atoms with Crippen LogP contribution in [0.25, 0.3) is 0 Å². The van der Waals surface area contributed by atoms with Crippen molar-refractivity contribution in [2.45, 2.75) is 0 Å². The normalized spacial score (nSPS) is 11.9. The molecule has 5 heteroatoms. The molecule has 0 saturated heterocycles. The number of hydrazine groups is 1. The standard InChI is InChI=1S/C7H16N3OP/c1-7(8)4-5-10(9)6-12(2,3)11/h4-5H,1,6,8-9H2,2-3H3/b5-4-. The molecule has 0 aliphatic heterocycles. The fourth-order valence-corrected chi connectivity index (χ4v) is 1.51. The van der Waals surface area contributed by atoms with Crippen molar-refractivity contribution in [3.05, 3.63) is 24.6 Å². The zero-order valence-corrected chi connectivity index (χ0v) is 8.42. The highest BCUT2D eigenvalue weighted by atomic mass is 31.2. The molecule has 70 valence electrons. The molecule has 4 N–H and O–H groups in total. The quantitative estimate of drug-likeness (QED) is 0.296. The van der Waals surface area contributed by atoms with E-state index in [1.165, 1.54) is 5.01 Å². The predicted octanol–water partition coefficient (Wildman–Crippen LogP) is 0.728. The molecule has 0 aromatic carbocycles. The van der Waals surface area contributed by atoms with Crippen molar-refractivity contribution in [1.29, 1.82) is 0 Å². The van der Waals surface area contributed by atoms with Crippen LogP contribution in [-0.2, 0) is 4.57 Å². The van der Waals surface area contributed by atoms with E-state index in [1.807, 2.05) is 0 Å². The van der Waals surface area contributed by atoms with Crippen LogP contribution in [0.4, 0.5) is 0 Å². The highest BCUT2D eigenvalue weighted by Crippen LogP contribution is 2.35. The minimum absolute atomic E-state index is 0.344. The molecule has 0 aliphatic rings. The molecule has 0 heterocycles. The number of hydrogen-bond donors (Lipinski definition) is 2. The van der Waals surface area contributed by atoms with E-state index in [9.17, 15) is 4.57 Å². The van der Waals surface area contributed by atoms with Crippen LogP contribution in [0.15, 0.2) is 24.6 Å². The third-order valence-corrected chi connectivity index (χ3v) is 1.99. The van der Waals surface area contributed by atoms with Crippen LogP contribution in [0.1, 0.15) is 0 Å². The summed E-state index contributed by atoms with van der Waals surface area (Å²) in [6.45, 7) is 6.82. The van der Waals surface area contributed by atoms with Crippen molar-refractivity contribution in [3.8, 4) is 0 Å². The summed E-state index contributed by atoms with van der Waals surface area (Å²) in [6.07, 6.45) is 3.47. The minimum Gasteiger partial charge on any atom is -0.399 e. The van der Waals surface area contributed by atoms with Gasteiger partial charge in [-0.2, -0.15) is 0 Å². The summed E-state index contributed by atoms with van der Waals surface area (Å²) in [7, 11) is -2.10. The Hall–Kier alpha value is -0.730. The maximum Gasteiger partial charge on any atom is 0.102 e. The van der Waals surface area contributed by atoms with Gasteiger partial charge in [0.25, 0.3) is 0 Å². The van der Waals surface area contributed by atoms with Crippen LogP contribution in [-0.4, -0.2) is 24.6 Å². The van der Waals surface area contributed by atoms with Gasteiger partial charge in [0.2, 0.25) is 0 Å². The topological polar surface area (TPSA) is 72.3 Å². The summed E-state index contributed by atoms with van der Waals surface area (Å²) < 4.78 is 11.3. The van der Waals surface area contributed by atoms with Crippen molar-refractivity contribution < 1.29 is 4.57 Å². The van der Waals surface area contributed by atoms with Crippen LogP contribution in [0.3, 0.4) is 0 Å². The van der Waals surface area contributed by atoms with Gasteiger partial charge in [0.1, 0.15) is 7.14 Å². The molecule has 0 amide bonds. The zero-order valence-electron chi connectivity index (χ0n) is 7.53. The molecule has 0 spiro atoms. The first kappa shape index (κ1) is 11.3. The van der Waals surface area contributed by atoms with Gasteiger partial charge in [-0.3, -0.25) is 0 Å². The largest absolute Gasteiger partial charge is 0.399 e. The van der Waals surface area contributed by atoms with Crippen LogP contribution in [0.2, 0.25) is 0 Å². The highest BCUT2D eigenvalue weighted by molar-refractivity contribution is 7.62. The average Bonchev–Trinajstić information content (AvgIpc) is 1.79. The Morgan fingerprint density at radius 2 is 2.17 bits per heavy atom. The van der Waals surface area contributed by atoms with E-state index < -0.39 is 7.14 Å². The Labute approximate surface area is 73.2 Å². The van der Waals surface area contributed by atoms with Gasteiger partial charge in [0, 0.05) is 11.9 Å². The molecule has 0 rings (SSSR count). The lowest BCUT2D eigenvalue weighted by molar-refractivity contribution is 0.447. The van der Waals surface area contributed by atoms with E-state index >= 15 is 0 Å². The summed E-state index contributed by atoms with van der Waals surface area (Å²) in [5.41, 5.74) is 5.70. The van der Waals surface area contributed by atoms with Crippen molar-refractivity contribution in [1.82, 2.24) is 5.01 Å². The third-order valence-electron chi connectivity index (χ3n) is 0.984. The molecule has 0 fully saturated rings.